The number of hydrogen-bond acceptors (Lipinski definition) is 3. The molecule has 1 amide bonds. The summed E-state index contributed by atoms with van der Waals surface area (Å²) in [5, 5.41) is 2.84. The van der Waals surface area contributed by atoms with Gasteiger partial charge >= 0.3 is 0 Å². The molecule has 0 saturated carbocycles. The molecule has 4 nitrogen and oxygen atoms in total. The van der Waals surface area contributed by atoms with Crippen molar-refractivity contribution in [1.82, 2.24) is 10.3 Å². The van der Waals surface area contributed by atoms with Gasteiger partial charge in [0.15, 0.2) is 0 Å². The van der Waals surface area contributed by atoms with Crippen molar-refractivity contribution in [3.8, 4) is 0 Å². The van der Waals surface area contributed by atoms with Crippen LogP contribution in [0.1, 0.15) is 36.8 Å². The lowest BCUT2D eigenvalue weighted by molar-refractivity contribution is 0.0920. The average molecular weight is 207 g/mol. The first-order valence-electron chi connectivity index (χ1n) is 4.84. The summed E-state index contributed by atoms with van der Waals surface area (Å²) in [6, 6.07) is 1.69. The maximum Gasteiger partial charge on any atom is 0.255 e. The third kappa shape index (κ3) is 3.23. The van der Waals surface area contributed by atoms with E-state index in [1.807, 2.05) is 27.7 Å². The summed E-state index contributed by atoms with van der Waals surface area (Å²) in [4.78, 5) is 15.8. The van der Waals surface area contributed by atoms with E-state index < -0.39 is 0 Å². The molecule has 1 rings (SSSR count). The van der Waals surface area contributed by atoms with Crippen LogP contribution < -0.4 is 11.1 Å². The second-order valence-electron chi connectivity index (χ2n) is 4.62. The van der Waals surface area contributed by atoms with E-state index in [1.165, 1.54) is 6.20 Å². The number of amides is 1. The lowest BCUT2D eigenvalue weighted by Gasteiger charge is -2.20. The molecule has 0 aromatic carbocycles. The number of nitrogens with one attached hydrogen (secondary N) is 1. The number of nitrogens with zero attached hydrogens (tertiary/aromatic N) is 1. The Morgan fingerprint density at radius 3 is 2.53 bits per heavy atom. The van der Waals surface area contributed by atoms with Crippen molar-refractivity contribution < 1.29 is 4.79 Å². The second-order valence-corrected chi connectivity index (χ2v) is 4.62. The predicted molar refractivity (Wildman–Crippen MR) is 60.6 cm³/mol. The fourth-order valence-electron chi connectivity index (χ4n) is 1.18. The third-order valence-corrected chi connectivity index (χ3v) is 1.81. The third-order valence-electron chi connectivity index (χ3n) is 1.81. The molecule has 0 radical (unpaired) electrons. The number of carbonyl (C=O) groups is 1. The summed E-state index contributed by atoms with van der Waals surface area (Å²) in [6.07, 6.45) is 1.51. The van der Waals surface area contributed by atoms with Gasteiger partial charge in [0.25, 0.3) is 5.91 Å². The molecule has 0 spiro atoms. The largest absolute Gasteiger partial charge is 0.398 e. The van der Waals surface area contributed by atoms with Crippen LogP contribution >= 0.6 is 0 Å². The van der Waals surface area contributed by atoms with Gasteiger partial charge in [0.2, 0.25) is 0 Å². The molecule has 0 atom stereocenters. The van der Waals surface area contributed by atoms with Crippen molar-refractivity contribution >= 4 is 11.6 Å². The van der Waals surface area contributed by atoms with Gasteiger partial charge in [0, 0.05) is 23.1 Å². The highest BCUT2D eigenvalue weighted by atomic mass is 16.1. The molecule has 0 bridgehead atoms. The van der Waals surface area contributed by atoms with E-state index >= 15 is 0 Å². The molecule has 1 heterocycles. The summed E-state index contributed by atoms with van der Waals surface area (Å²) >= 11 is 0. The minimum atomic E-state index is -0.269. The average Bonchev–Trinajstić information content (AvgIpc) is 1.99. The van der Waals surface area contributed by atoms with Crippen LogP contribution in [-0.4, -0.2) is 16.4 Å². The number of carbonyl (C=O) groups excluding carboxylic acids is 1. The van der Waals surface area contributed by atoms with E-state index in [2.05, 4.69) is 10.3 Å². The summed E-state index contributed by atoms with van der Waals surface area (Å²) in [6.45, 7) is 7.59. The molecule has 0 aliphatic rings. The summed E-state index contributed by atoms with van der Waals surface area (Å²) < 4.78 is 0. The van der Waals surface area contributed by atoms with Crippen LogP contribution in [0.15, 0.2) is 12.3 Å². The summed E-state index contributed by atoms with van der Waals surface area (Å²) in [5.41, 5.74) is 7.16. The number of aromatic nitrogens is 1. The Hall–Kier alpha value is -1.58. The van der Waals surface area contributed by atoms with Crippen LogP contribution in [0.2, 0.25) is 0 Å². The Morgan fingerprint density at radius 2 is 2.07 bits per heavy atom. The Labute approximate surface area is 89.9 Å². The van der Waals surface area contributed by atoms with E-state index in [1.54, 1.807) is 6.07 Å². The Balaban J connectivity index is 2.92. The smallest absolute Gasteiger partial charge is 0.255 e. The Kier molecular flexibility index (Phi) is 2.98. The van der Waals surface area contributed by atoms with Crippen molar-refractivity contribution in [1.29, 1.82) is 0 Å². The Morgan fingerprint density at radius 1 is 1.47 bits per heavy atom. The van der Waals surface area contributed by atoms with Crippen LogP contribution in [0.4, 0.5) is 5.69 Å². The highest BCUT2D eigenvalue weighted by molar-refractivity contribution is 5.99. The molecule has 0 saturated heterocycles. The molecule has 0 unspecified atom stereocenters. The number of anilines is 1. The van der Waals surface area contributed by atoms with Gasteiger partial charge in [0.05, 0.1) is 5.56 Å². The first-order valence-corrected chi connectivity index (χ1v) is 4.84. The number of hydrogen-bond donors (Lipinski definition) is 2. The maximum atomic E-state index is 11.8. The molecule has 1 aromatic heterocycles. The summed E-state index contributed by atoms with van der Waals surface area (Å²) in [7, 11) is 0. The van der Waals surface area contributed by atoms with E-state index in [0.717, 1.165) is 5.69 Å². The lowest BCUT2D eigenvalue weighted by Crippen LogP contribution is -2.40. The monoisotopic (exact) mass is 207 g/mol. The fraction of sp³-hybridized carbons (Fsp3) is 0.455. The molecule has 1 aromatic rings. The maximum absolute atomic E-state index is 11.8. The zero-order valence-electron chi connectivity index (χ0n) is 9.59. The predicted octanol–water partition coefficient (Wildman–Crippen LogP) is 1.50. The van der Waals surface area contributed by atoms with E-state index in [-0.39, 0.29) is 11.4 Å². The van der Waals surface area contributed by atoms with Crippen LogP contribution in [0, 0.1) is 6.92 Å². The molecule has 82 valence electrons. The fourth-order valence-corrected chi connectivity index (χ4v) is 1.18. The van der Waals surface area contributed by atoms with Gasteiger partial charge in [-0.25, -0.2) is 0 Å². The van der Waals surface area contributed by atoms with Crippen LogP contribution in [0.25, 0.3) is 0 Å². The lowest BCUT2D eigenvalue weighted by atomic mass is 10.1. The number of aryl methyl sites for hydroxylation is 1. The van der Waals surface area contributed by atoms with Crippen molar-refractivity contribution in [2.75, 3.05) is 5.73 Å². The van der Waals surface area contributed by atoms with Crippen molar-refractivity contribution in [3.05, 3.63) is 23.5 Å². The van der Waals surface area contributed by atoms with Crippen LogP contribution in [0.3, 0.4) is 0 Å². The van der Waals surface area contributed by atoms with E-state index in [9.17, 15) is 4.79 Å². The standard InChI is InChI=1S/C11H17N3O/c1-7-5-9(12)8(6-13-7)10(15)14-11(2,3)4/h5-6H,1-4H3,(H2,12,13)(H,14,15). The van der Waals surface area contributed by atoms with Crippen LogP contribution in [0.5, 0.6) is 0 Å². The zero-order chi connectivity index (χ0) is 11.6. The molecule has 15 heavy (non-hydrogen) atoms. The van der Waals surface area contributed by atoms with Gasteiger partial charge < -0.3 is 11.1 Å². The van der Waals surface area contributed by atoms with Gasteiger partial charge in [-0.05, 0) is 33.8 Å². The second kappa shape index (κ2) is 3.88. The Bertz CT molecular complexity index is 380. The summed E-state index contributed by atoms with van der Waals surface area (Å²) in [5.74, 6) is -0.187. The van der Waals surface area contributed by atoms with Crippen molar-refractivity contribution in [2.24, 2.45) is 0 Å². The zero-order valence-corrected chi connectivity index (χ0v) is 9.59. The van der Waals surface area contributed by atoms with Gasteiger partial charge in [-0.1, -0.05) is 0 Å². The topological polar surface area (TPSA) is 68.0 Å². The minimum absolute atomic E-state index is 0.187. The molecular weight excluding hydrogens is 190 g/mol. The van der Waals surface area contributed by atoms with E-state index in [0.29, 0.717) is 11.3 Å². The van der Waals surface area contributed by atoms with E-state index in [4.69, 9.17) is 5.73 Å². The number of nitrogens with two attached hydrogens (primary N) is 1. The number of rotatable bonds is 1. The highest BCUT2D eigenvalue weighted by Gasteiger charge is 2.17. The number of nitrogen functional groups attached to an aromatic ring is 1. The van der Waals surface area contributed by atoms with Gasteiger partial charge in [-0.2, -0.15) is 0 Å². The SMILES string of the molecule is Cc1cc(N)c(C(=O)NC(C)(C)C)cn1. The quantitative estimate of drug-likeness (QED) is 0.733. The first-order chi connectivity index (χ1) is 6.79. The van der Waals surface area contributed by atoms with Gasteiger partial charge in [0.1, 0.15) is 0 Å². The molecular formula is C11H17N3O. The molecule has 4 heteroatoms. The molecule has 0 aliphatic carbocycles. The molecule has 3 N–H and O–H groups in total. The van der Waals surface area contributed by atoms with Crippen LogP contribution in [-0.2, 0) is 0 Å². The first kappa shape index (κ1) is 11.5. The van der Waals surface area contributed by atoms with Crippen molar-refractivity contribution in [2.45, 2.75) is 33.2 Å². The minimum Gasteiger partial charge on any atom is -0.398 e. The van der Waals surface area contributed by atoms with Gasteiger partial charge in [-0.15, -0.1) is 0 Å². The van der Waals surface area contributed by atoms with Gasteiger partial charge in [-0.3, -0.25) is 9.78 Å². The van der Waals surface area contributed by atoms with Crippen molar-refractivity contribution in [3.63, 3.8) is 0 Å². The number of pyridine rings is 1. The normalized spacial score (nSPS) is 11.2. The molecule has 0 aliphatic heterocycles. The molecule has 0 fully saturated rings. The highest BCUT2D eigenvalue weighted by Crippen LogP contribution is 2.12.